The van der Waals surface area contributed by atoms with Gasteiger partial charge in [0.05, 0.1) is 23.7 Å². The average Bonchev–Trinajstić information content (AvgIpc) is 2.70. The van der Waals surface area contributed by atoms with Crippen LogP contribution in [0, 0.1) is 5.41 Å². The molecule has 0 spiro atoms. The van der Waals surface area contributed by atoms with Gasteiger partial charge in [0.1, 0.15) is 12.7 Å². The lowest BCUT2D eigenvalue weighted by Crippen LogP contribution is -2.44. The van der Waals surface area contributed by atoms with Crippen molar-refractivity contribution >= 4 is 5.97 Å². The van der Waals surface area contributed by atoms with Gasteiger partial charge in [0.15, 0.2) is 6.29 Å². The topological polar surface area (TPSA) is 96.2 Å². The lowest BCUT2D eigenvalue weighted by Gasteiger charge is -2.30. The number of carbonyl (C=O) groups is 1. The molecule has 1 heterocycles. The Labute approximate surface area is 116 Å². The van der Waals surface area contributed by atoms with Gasteiger partial charge in [0, 0.05) is 0 Å². The molecule has 6 nitrogen and oxygen atoms in total. The van der Waals surface area contributed by atoms with Crippen LogP contribution in [-0.2, 0) is 9.47 Å². The van der Waals surface area contributed by atoms with Crippen LogP contribution in [0.5, 0.6) is 0 Å². The molecule has 0 saturated carbocycles. The van der Waals surface area contributed by atoms with E-state index in [-0.39, 0.29) is 13.2 Å². The summed E-state index contributed by atoms with van der Waals surface area (Å²) in [6.45, 7) is 1.05. The monoisotopic (exact) mass is 282 g/mol. The quantitative estimate of drug-likeness (QED) is 0.668. The van der Waals surface area contributed by atoms with Crippen molar-refractivity contribution in [1.82, 2.24) is 0 Å². The van der Waals surface area contributed by atoms with E-state index in [1.54, 1.807) is 37.3 Å². The fourth-order valence-electron chi connectivity index (χ4n) is 2.22. The van der Waals surface area contributed by atoms with Crippen LogP contribution in [0.15, 0.2) is 30.3 Å². The summed E-state index contributed by atoms with van der Waals surface area (Å²) in [5.74, 6) is -0.530. The van der Waals surface area contributed by atoms with Crippen LogP contribution in [0.1, 0.15) is 17.3 Å². The number of hydrogen-bond donors (Lipinski definition) is 3. The number of aliphatic hydroxyl groups excluding tert-OH is 3. The zero-order valence-corrected chi connectivity index (χ0v) is 11.1. The van der Waals surface area contributed by atoms with Crippen LogP contribution >= 0.6 is 0 Å². The van der Waals surface area contributed by atoms with Gasteiger partial charge in [-0.05, 0) is 12.1 Å². The first-order chi connectivity index (χ1) is 9.49. The number of carbonyl (C=O) groups excluding carboxylic acids is 1. The molecule has 110 valence electrons. The molecule has 2 unspecified atom stereocenters. The molecule has 1 aliphatic heterocycles. The number of rotatable bonds is 4. The van der Waals surface area contributed by atoms with Crippen molar-refractivity contribution in [3.05, 3.63) is 35.9 Å². The van der Waals surface area contributed by atoms with E-state index >= 15 is 0 Å². The molecule has 0 amide bonds. The number of ether oxygens (including phenoxy) is 2. The van der Waals surface area contributed by atoms with Crippen LogP contribution in [0.3, 0.4) is 0 Å². The lowest BCUT2D eigenvalue weighted by molar-refractivity contribution is -0.132. The standard InChI is InChI=1S/C14H18O6/c1-14(10(7-15)20-13(18)11(14)16)8-19-12(17)9-5-3-2-4-6-9/h2-6,10-11,13,15-16,18H,7-8H2,1H3/t10?,11-,13?,14-/m0/s1. The number of esters is 1. The highest BCUT2D eigenvalue weighted by Crippen LogP contribution is 2.38. The molecule has 4 atom stereocenters. The van der Waals surface area contributed by atoms with Crippen LogP contribution in [0.4, 0.5) is 0 Å². The first-order valence-corrected chi connectivity index (χ1v) is 6.33. The number of hydrogen-bond acceptors (Lipinski definition) is 6. The first-order valence-electron chi connectivity index (χ1n) is 6.33. The highest BCUT2D eigenvalue weighted by Gasteiger charge is 2.53. The summed E-state index contributed by atoms with van der Waals surface area (Å²) in [6.07, 6.45) is -3.42. The largest absolute Gasteiger partial charge is 0.461 e. The maximum absolute atomic E-state index is 11.9. The summed E-state index contributed by atoms with van der Waals surface area (Å²) in [5, 5.41) is 28.6. The van der Waals surface area contributed by atoms with Gasteiger partial charge < -0.3 is 24.8 Å². The van der Waals surface area contributed by atoms with E-state index in [2.05, 4.69) is 0 Å². The predicted molar refractivity (Wildman–Crippen MR) is 68.8 cm³/mol. The molecule has 0 aliphatic carbocycles. The Morgan fingerprint density at radius 3 is 2.60 bits per heavy atom. The Balaban J connectivity index is 2.04. The van der Waals surface area contributed by atoms with Gasteiger partial charge in [-0.25, -0.2) is 4.79 Å². The highest BCUT2D eigenvalue weighted by atomic mass is 16.6. The third-order valence-electron chi connectivity index (χ3n) is 3.67. The van der Waals surface area contributed by atoms with Crippen LogP contribution < -0.4 is 0 Å². The Morgan fingerprint density at radius 1 is 1.35 bits per heavy atom. The van der Waals surface area contributed by atoms with Crippen molar-refractivity contribution in [3.63, 3.8) is 0 Å². The molecule has 3 N–H and O–H groups in total. The van der Waals surface area contributed by atoms with Crippen molar-refractivity contribution in [2.45, 2.75) is 25.4 Å². The van der Waals surface area contributed by atoms with Crippen LogP contribution in [0.2, 0.25) is 0 Å². The second kappa shape index (κ2) is 5.88. The highest BCUT2D eigenvalue weighted by molar-refractivity contribution is 5.89. The zero-order valence-electron chi connectivity index (χ0n) is 11.1. The minimum Gasteiger partial charge on any atom is -0.461 e. The van der Waals surface area contributed by atoms with Gasteiger partial charge in [0.2, 0.25) is 0 Å². The molecule has 1 aliphatic rings. The van der Waals surface area contributed by atoms with Crippen LogP contribution in [0.25, 0.3) is 0 Å². The third kappa shape index (κ3) is 2.69. The fourth-order valence-corrected chi connectivity index (χ4v) is 2.22. The third-order valence-corrected chi connectivity index (χ3v) is 3.67. The summed E-state index contributed by atoms with van der Waals surface area (Å²) >= 11 is 0. The van der Waals surface area contributed by atoms with Gasteiger partial charge in [0.25, 0.3) is 0 Å². The summed E-state index contributed by atoms with van der Waals surface area (Å²) in [7, 11) is 0. The van der Waals surface area contributed by atoms with Crippen molar-refractivity contribution in [2.75, 3.05) is 13.2 Å². The van der Waals surface area contributed by atoms with E-state index in [4.69, 9.17) is 9.47 Å². The number of benzene rings is 1. The lowest BCUT2D eigenvalue weighted by atomic mass is 9.81. The molecular formula is C14H18O6. The summed E-state index contributed by atoms with van der Waals surface area (Å²) < 4.78 is 10.2. The fraction of sp³-hybridized carbons (Fsp3) is 0.500. The van der Waals surface area contributed by atoms with Crippen molar-refractivity contribution < 1.29 is 29.6 Å². The van der Waals surface area contributed by atoms with Crippen molar-refractivity contribution in [1.29, 1.82) is 0 Å². The summed E-state index contributed by atoms with van der Waals surface area (Å²) in [5.41, 5.74) is -0.663. The molecule has 1 aromatic rings. The molecule has 0 aromatic heterocycles. The number of aliphatic hydroxyl groups is 3. The molecule has 1 saturated heterocycles. The minimum absolute atomic E-state index is 0.163. The van der Waals surface area contributed by atoms with Gasteiger partial charge in [-0.2, -0.15) is 0 Å². The second-order valence-electron chi connectivity index (χ2n) is 5.09. The normalized spacial score (nSPS) is 33.1. The van der Waals surface area contributed by atoms with Gasteiger partial charge in [-0.3, -0.25) is 0 Å². The van der Waals surface area contributed by atoms with Crippen LogP contribution in [-0.4, -0.2) is 53.0 Å². The molecular weight excluding hydrogens is 264 g/mol. The van der Waals surface area contributed by atoms with Gasteiger partial charge in [-0.15, -0.1) is 0 Å². The van der Waals surface area contributed by atoms with E-state index in [1.165, 1.54) is 0 Å². The van der Waals surface area contributed by atoms with Gasteiger partial charge in [-0.1, -0.05) is 25.1 Å². The molecule has 0 bridgehead atoms. The smallest absolute Gasteiger partial charge is 0.338 e. The van der Waals surface area contributed by atoms with E-state index < -0.39 is 29.9 Å². The summed E-state index contributed by atoms with van der Waals surface area (Å²) in [6, 6.07) is 8.44. The Bertz CT molecular complexity index is 462. The summed E-state index contributed by atoms with van der Waals surface area (Å²) in [4.78, 5) is 11.9. The molecule has 1 aromatic carbocycles. The van der Waals surface area contributed by atoms with E-state index in [0.29, 0.717) is 5.56 Å². The van der Waals surface area contributed by atoms with E-state index in [1.807, 2.05) is 0 Å². The predicted octanol–water partition coefficient (Wildman–Crippen LogP) is -0.0799. The Morgan fingerprint density at radius 2 is 2.00 bits per heavy atom. The minimum atomic E-state index is -1.40. The maximum Gasteiger partial charge on any atom is 0.338 e. The molecule has 6 heteroatoms. The molecule has 0 radical (unpaired) electrons. The second-order valence-corrected chi connectivity index (χ2v) is 5.09. The van der Waals surface area contributed by atoms with E-state index in [0.717, 1.165) is 0 Å². The SMILES string of the molecule is C[C@]1(COC(=O)c2ccccc2)C(CO)OC(O)[C@@H]1O. The van der Waals surface area contributed by atoms with E-state index in [9.17, 15) is 20.1 Å². The molecule has 20 heavy (non-hydrogen) atoms. The average molecular weight is 282 g/mol. The van der Waals surface area contributed by atoms with Gasteiger partial charge >= 0.3 is 5.97 Å². The van der Waals surface area contributed by atoms with Crippen molar-refractivity contribution in [3.8, 4) is 0 Å². The first kappa shape index (κ1) is 14.9. The molecule has 2 rings (SSSR count). The molecule has 1 fully saturated rings. The Hall–Kier alpha value is -1.47. The zero-order chi connectivity index (χ0) is 14.8. The maximum atomic E-state index is 11.9. The van der Waals surface area contributed by atoms with Crippen molar-refractivity contribution in [2.24, 2.45) is 5.41 Å². The Kier molecular flexibility index (Phi) is 4.39.